The molecular weight excluding hydrogens is 595 g/mol. The van der Waals surface area contributed by atoms with Crippen molar-refractivity contribution in [2.75, 3.05) is 44.7 Å². The average Bonchev–Trinajstić information content (AvgIpc) is 3.41. The molecule has 3 heterocycles. The molecule has 2 fully saturated rings. The Kier molecular flexibility index (Phi) is 8.15. The number of aromatic nitrogens is 2. The minimum Gasteiger partial charge on any atom is -0.462 e. The SMILES string of the molecule is C=C(F)C(=O)N1CCN(c2nc(OC[C@@H]3CCCN3C)nc3cc(-c4cccc5ccc(F)c(Cl)c45)c(Cl)cc23)[C@@H](C)C1. The monoisotopic (exact) mass is 625 g/mol. The van der Waals surface area contributed by atoms with Crippen molar-refractivity contribution in [1.82, 2.24) is 19.8 Å². The van der Waals surface area contributed by atoms with Crippen molar-refractivity contribution in [3.8, 4) is 17.1 Å². The van der Waals surface area contributed by atoms with E-state index in [9.17, 15) is 13.6 Å². The van der Waals surface area contributed by atoms with Gasteiger partial charge in [0.15, 0.2) is 5.83 Å². The summed E-state index contributed by atoms with van der Waals surface area (Å²) in [5.41, 5.74) is 1.91. The predicted octanol–water partition coefficient (Wildman–Crippen LogP) is 6.89. The summed E-state index contributed by atoms with van der Waals surface area (Å²) in [6, 6.07) is 12.6. The normalized spacial score (nSPS) is 19.4. The maximum absolute atomic E-state index is 14.5. The molecule has 11 heteroatoms. The molecule has 1 aromatic heterocycles. The van der Waals surface area contributed by atoms with Gasteiger partial charge in [0.1, 0.15) is 18.2 Å². The Labute approximate surface area is 258 Å². The van der Waals surface area contributed by atoms with Crippen LogP contribution in [-0.4, -0.2) is 77.6 Å². The zero-order chi connectivity index (χ0) is 30.4. The molecule has 1 amide bonds. The maximum atomic E-state index is 14.5. The molecule has 0 spiro atoms. The van der Waals surface area contributed by atoms with Crippen LogP contribution in [0.1, 0.15) is 19.8 Å². The van der Waals surface area contributed by atoms with Crippen molar-refractivity contribution < 1.29 is 18.3 Å². The fourth-order valence-electron chi connectivity index (χ4n) is 6.13. The van der Waals surface area contributed by atoms with Crippen LogP contribution in [0.5, 0.6) is 6.01 Å². The number of likely N-dealkylation sites (N-methyl/N-ethyl adjacent to an activating group) is 1. The number of likely N-dealkylation sites (tertiary alicyclic amines) is 1. The van der Waals surface area contributed by atoms with E-state index < -0.39 is 17.6 Å². The van der Waals surface area contributed by atoms with Gasteiger partial charge >= 0.3 is 6.01 Å². The van der Waals surface area contributed by atoms with Gasteiger partial charge in [-0.05, 0) is 62.5 Å². The minimum atomic E-state index is -0.978. The van der Waals surface area contributed by atoms with Gasteiger partial charge in [0.05, 0.1) is 10.5 Å². The molecule has 2 aliphatic heterocycles. The first-order valence-electron chi connectivity index (χ1n) is 14.2. The Morgan fingerprint density at radius 2 is 1.93 bits per heavy atom. The lowest BCUT2D eigenvalue weighted by Crippen LogP contribution is -2.54. The van der Waals surface area contributed by atoms with Crippen LogP contribution in [0.4, 0.5) is 14.6 Å². The van der Waals surface area contributed by atoms with E-state index in [0.29, 0.717) is 64.5 Å². The van der Waals surface area contributed by atoms with Gasteiger partial charge in [-0.25, -0.2) is 8.78 Å². The number of amides is 1. The number of ether oxygens (including phenoxy) is 1. The molecule has 0 aliphatic carbocycles. The molecule has 7 nitrogen and oxygen atoms in total. The van der Waals surface area contributed by atoms with Crippen LogP contribution in [0.15, 0.2) is 54.9 Å². The second-order valence-corrected chi connectivity index (χ2v) is 12.0. The second kappa shape index (κ2) is 11.9. The standard InChI is InChI=1S/C32H31Cl2F2N5O2/c1-18-16-40(31(42)19(2)35)12-13-41(18)30-24-14-25(33)23(22-8-4-6-20-9-10-26(36)29(34)28(20)22)15-27(24)37-32(38-30)43-17-21-7-5-11-39(21)3/h4,6,8-10,14-15,18,21H,2,5,7,11-13,16-17H2,1,3H3/t18-,21-/m0/s1. The molecule has 6 rings (SSSR count). The van der Waals surface area contributed by atoms with Gasteiger partial charge < -0.3 is 19.4 Å². The highest BCUT2D eigenvalue weighted by molar-refractivity contribution is 6.38. The van der Waals surface area contributed by atoms with Crippen molar-refractivity contribution in [2.45, 2.75) is 31.8 Å². The number of carbonyl (C=O) groups excluding carboxylic acids is 1. The van der Waals surface area contributed by atoms with Gasteiger partial charge in [-0.3, -0.25) is 4.79 Å². The molecule has 0 saturated carbocycles. The number of benzene rings is 3. The summed E-state index contributed by atoms with van der Waals surface area (Å²) in [7, 11) is 2.08. The Morgan fingerprint density at radius 1 is 1.12 bits per heavy atom. The van der Waals surface area contributed by atoms with Crippen LogP contribution in [0, 0.1) is 5.82 Å². The van der Waals surface area contributed by atoms with E-state index >= 15 is 0 Å². The van der Waals surface area contributed by atoms with E-state index in [0.717, 1.165) is 24.8 Å². The first-order valence-corrected chi connectivity index (χ1v) is 15.0. The van der Waals surface area contributed by atoms with Gasteiger partial charge in [0.2, 0.25) is 0 Å². The van der Waals surface area contributed by atoms with Crippen LogP contribution < -0.4 is 9.64 Å². The van der Waals surface area contributed by atoms with E-state index in [1.807, 2.05) is 31.2 Å². The Bertz CT molecular complexity index is 1750. The summed E-state index contributed by atoms with van der Waals surface area (Å²) < 4.78 is 34.3. The lowest BCUT2D eigenvalue weighted by atomic mass is 9.97. The van der Waals surface area contributed by atoms with Crippen LogP contribution >= 0.6 is 23.2 Å². The third-order valence-electron chi connectivity index (χ3n) is 8.46. The van der Waals surface area contributed by atoms with Crippen LogP contribution in [-0.2, 0) is 4.79 Å². The molecule has 0 bridgehead atoms. The quantitative estimate of drug-likeness (QED) is 0.217. The highest BCUT2D eigenvalue weighted by atomic mass is 35.5. The van der Waals surface area contributed by atoms with Crippen LogP contribution in [0.25, 0.3) is 32.8 Å². The third-order valence-corrected chi connectivity index (χ3v) is 9.15. The Hall–Kier alpha value is -3.53. The Morgan fingerprint density at radius 3 is 2.65 bits per heavy atom. The molecule has 4 aromatic rings. The molecule has 0 radical (unpaired) electrons. The largest absolute Gasteiger partial charge is 0.462 e. The van der Waals surface area contributed by atoms with Crippen molar-refractivity contribution in [3.05, 3.63) is 70.7 Å². The van der Waals surface area contributed by atoms with E-state index in [4.69, 9.17) is 37.9 Å². The van der Waals surface area contributed by atoms with Gasteiger partial charge in [-0.1, -0.05) is 54.0 Å². The highest BCUT2D eigenvalue weighted by Crippen LogP contribution is 2.41. The Balaban J connectivity index is 1.46. The van der Waals surface area contributed by atoms with Gasteiger partial charge in [0, 0.05) is 53.1 Å². The molecule has 43 heavy (non-hydrogen) atoms. The van der Waals surface area contributed by atoms with Gasteiger partial charge in [-0.2, -0.15) is 9.97 Å². The third kappa shape index (κ3) is 5.61. The molecule has 0 N–H and O–H groups in total. The number of halogens is 4. The van der Waals surface area contributed by atoms with Crippen molar-refractivity contribution >= 4 is 56.6 Å². The molecule has 3 aromatic carbocycles. The fraction of sp³-hybridized carbons (Fsp3) is 0.344. The number of rotatable bonds is 6. The maximum Gasteiger partial charge on any atom is 0.319 e. The summed E-state index contributed by atoms with van der Waals surface area (Å²) in [5, 5.41) is 2.48. The topological polar surface area (TPSA) is 61.8 Å². The van der Waals surface area contributed by atoms with Crippen molar-refractivity contribution in [1.29, 1.82) is 0 Å². The second-order valence-electron chi connectivity index (χ2n) is 11.2. The minimum absolute atomic E-state index is 0.0227. The lowest BCUT2D eigenvalue weighted by molar-refractivity contribution is -0.129. The summed E-state index contributed by atoms with van der Waals surface area (Å²) >= 11 is 13.4. The first-order chi connectivity index (χ1) is 20.6. The smallest absolute Gasteiger partial charge is 0.319 e. The summed E-state index contributed by atoms with van der Waals surface area (Å²) in [4.78, 5) is 27.7. The van der Waals surface area contributed by atoms with E-state index in [1.54, 1.807) is 12.1 Å². The van der Waals surface area contributed by atoms with E-state index in [2.05, 4.69) is 23.4 Å². The number of carbonyl (C=O) groups is 1. The molecular formula is C32H31Cl2F2N5O2. The molecule has 2 saturated heterocycles. The number of anilines is 1. The van der Waals surface area contributed by atoms with E-state index in [1.165, 1.54) is 11.0 Å². The van der Waals surface area contributed by atoms with Crippen LogP contribution in [0.2, 0.25) is 10.0 Å². The summed E-state index contributed by atoms with van der Waals surface area (Å²) in [5.74, 6) is -1.59. The zero-order valence-corrected chi connectivity index (χ0v) is 25.4. The molecule has 224 valence electrons. The number of hydrogen-bond donors (Lipinski definition) is 0. The summed E-state index contributed by atoms with van der Waals surface area (Å²) in [6.45, 7) is 7.57. The number of fused-ring (bicyclic) bond motifs is 2. The number of piperazine rings is 1. The van der Waals surface area contributed by atoms with Crippen molar-refractivity contribution in [3.63, 3.8) is 0 Å². The highest BCUT2D eigenvalue weighted by Gasteiger charge is 2.31. The van der Waals surface area contributed by atoms with Crippen molar-refractivity contribution in [2.24, 2.45) is 0 Å². The number of hydrogen-bond acceptors (Lipinski definition) is 6. The molecule has 0 unspecified atom stereocenters. The van der Waals surface area contributed by atoms with Crippen LogP contribution in [0.3, 0.4) is 0 Å². The number of nitrogens with zero attached hydrogens (tertiary/aromatic N) is 5. The van der Waals surface area contributed by atoms with Gasteiger partial charge in [-0.15, -0.1) is 0 Å². The van der Waals surface area contributed by atoms with Gasteiger partial charge in [0.25, 0.3) is 5.91 Å². The summed E-state index contributed by atoms with van der Waals surface area (Å²) in [6.07, 6.45) is 2.14. The molecule has 2 atom stereocenters. The lowest BCUT2D eigenvalue weighted by Gasteiger charge is -2.40. The average molecular weight is 627 g/mol. The molecule has 2 aliphatic rings. The van der Waals surface area contributed by atoms with E-state index in [-0.39, 0.29) is 23.1 Å². The zero-order valence-electron chi connectivity index (χ0n) is 23.9. The predicted molar refractivity (Wildman–Crippen MR) is 167 cm³/mol. The first kappa shape index (κ1) is 29.5. The fourth-order valence-corrected chi connectivity index (χ4v) is 6.66.